The quantitative estimate of drug-likeness (QED) is 0.229. The minimum Gasteiger partial charge on any atom is -0.488 e. The summed E-state index contributed by atoms with van der Waals surface area (Å²) in [7, 11) is -4.02. The predicted molar refractivity (Wildman–Crippen MR) is 179 cm³/mol. The fraction of sp³-hybridized carbons (Fsp3) is 0.444. The van der Waals surface area contributed by atoms with E-state index in [0.29, 0.717) is 23.2 Å². The minimum absolute atomic E-state index is 0.0123. The number of benzene rings is 2. The Morgan fingerprint density at radius 3 is 2.37 bits per heavy atom. The molecule has 2 aliphatic rings. The van der Waals surface area contributed by atoms with Gasteiger partial charge >= 0.3 is 0 Å². The molecular formula is C36H43N5O4S. The van der Waals surface area contributed by atoms with E-state index in [-0.39, 0.29) is 40.8 Å². The summed E-state index contributed by atoms with van der Waals surface area (Å²) in [6, 6.07) is 15.2. The minimum atomic E-state index is -4.02. The Bertz CT molecular complexity index is 1790. The van der Waals surface area contributed by atoms with Crippen molar-refractivity contribution in [1.82, 2.24) is 19.9 Å². The molecule has 46 heavy (non-hydrogen) atoms. The number of aryl methyl sites for hydroxylation is 2. The second-order valence-electron chi connectivity index (χ2n) is 13.3. The van der Waals surface area contributed by atoms with E-state index in [1.54, 1.807) is 24.5 Å². The number of fused-ring (bicyclic) bond motifs is 7. The first kappa shape index (κ1) is 31.9. The Morgan fingerprint density at radius 1 is 0.957 bits per heavy atom. The zero-order valence-electron chi connectivity index (χ0n) is 27.4. The maximum atomic E-state index is 13.9. The molecule has 2 aromatic heterocycles. The largest absolute Gasteiger partial charge is 0.488 e. The van der Waals surface area contributed by atoms with Gasteiger partial charge in [-0.05, 0) is 88.1 Å². The normalized spacial score (nSPS) is 22.2. The second kappa shape index (κ2) is 13.0. The maximum Gasteiger partial charge on any atom is 0.264 e. The molecule has 6 bridgehead atoms. The third-order valence-electron chi connectivity index (χ3n) is 8.96. The third kappa shape index (κ3) is 6.72. The van der Waals surface area contributed by atoms with Crippen molar-refractivity contribution in [2.75, 3.05) is 4.72 Å². The van der Waals surface area contributed by atoms with Crippen molar-refractivity contribution in [3.05, 3.63) is 83.4 Å². The van der Waals surface area contributed by atoms with Crippen LogP contribution < -0.4 is 14.2 Å². The molecule has 0 spiro atoms. The maximum absolute atomic E-state index is 13.9. The van der Waals surface area contributed by atoms with Crippen LogP contribution in [0.1, 0.15) is 87.7 Å². The topological polar surface area (TPSA) is 116 Å². The number of aromatic nitrogens is 4. The number of nitrogens with one attached hydrogen (secondary N) is 1. The highest BCUT2D eigenvalue weighted by molar-refractivity contribution is 7.92. The van der Waals surface area contributed by atoms with Crippen molar-refractivity contribution in [2.45, 2.75) is 96.2 Å². The Balaban J connectivity index is 1.53. The van der Waals surface area contributed by atoms with Gasteiger partial charge in [-0.1, -0.05) is 44.2 Å². The van der Waals surface area contributed by atoms with Gasteiger partial charge in [-0.25, -0.2) is 28.1 Å². The second-order valence-corrected chi connectivity index (χ2v) is 15.0. The Hall–Kier alpha value is -4.05. The lowest BCUT2D eigenvalue weighted by Crippen LogP contribution is -2.34. The molecule has 242 valence electrons. The van der Waals surface area contributed by atoms with Gasteiger partial charge in [0.1, 0.15) is 11.9 Å². The van der Waals surface area contributed by atoms with Gasteiger partial charge in [-0.2, -0.15) is 4.98 Å². The average molecular weight is 642 g/mol. The van der Waals surface area contributed by atoms with Crippen LogP contribution in [0, 0.1) is 25.7 Å². The summed E-state index contributed by atoms with van der Waals surface area (Å²) in [4.78, 5) is 19.1. The molecular weight excluding hydrogens is 598 g/mol. The Morgan fingerprint density at radius 2 is 1.67 bits per heavy atom. The summed E-state index contributed by atoms with van der Waals surface area (Å²) in [5.41, 5.74) is 4.55. The number of rotatable bonds is 6. The zero-order valence-corrected chi connectivity index (χ0v) is 28.2. The number of hydrogen-bond donors (Lipinski definition) is 1. The molecule has 9 nitrogen and oxygen atoms in total. The van der Waals surface area contributed by atoms with Gasteiger partial charge < -0.3 is 9.47 Å². The lowest BCUT2D eigenvalue weighted by Gasteiger charge is -2.36. The highest BCUT2D eigenvalue weighted by Crippen LogP contribution is 2.49. The lowest BCUT2D eigenvalue weighted by atomic mass is 9.71. The van der Waals surface area contributed by atoms with E-state index in [9.17, 15) is 8.42 Å². The Labute approximate surface area is 272 Å². The molecule has 4 aromatic rings. The van der Waals surface area contributed by atoms with E-state index in [0.717, 1.165) is 53.8 Å². The molecule has 1 fully saturated rings. The van der Waals surface area contributed by atoms with Crippen molar-refractivity contribution < 1.29 is 17.9 Å². The number of anilines is 1. The smallest absolute Gasteiger partial charge is 0.264 e. The van der Waals surface area contributed by atoms with Crippen LogP contribution in [0.2, 0.25) is 0 Å². The van der Waals surface area contributed by atoms with Gasteiger partial charge in [0.2, 0.25) is 11.8 Å². The van der Waals surface area contributed by atoms with Crippen LogP contribution >= 0.6 is 0 Å². The zero-order chi connectivity index (χ0) is 32.6. The van der Waals surface area contributed by atoms with Crippen molar-refractivity contribution in [1.29, 1.82) is 0 Å². The predicted octanol–water partition coefficient (Wildman–Crippen LogP) is 7.61. The van der Waals surface area contributed by atoms with E-state index >= 15 is 0 Å². The molecule has 4 atom stereocenters. The molecule has 1 aliphatic carbocycles. The van der Waals surface area contributed by atoms with Crippen LogP contribution in [0.15, 0.2) is 65.8 Å². The van der Waals surface area contributed by atoms with Gasteiger partial charge in [-0.3, -0.25) is 0 Å². The number of ether oxygens (including phenoxy) is 2. The summed E-state index contributed by atoms with van der Waals surface area (Å²) >= 11 is 0. The first-order chi connectivity index (χ1) is 22.0. The fourth-order valence-electron chi connectivity index (χ4n) is 7.17. The number of sulfonamides is 1. The van der Waals surface area contributed by atoms with Gasteiger partial charge in [0.25, 0.3) is 10.0 Å². The fourth-order valence-corrected chi connectivity index (χ4v) is 8.17. The highest BCUT2D eigenvalue weighted by atomic mass is 32.2. The molecule has 1 aliphatic heterocycles. The van der Waals surface area contributed by atoms with E-state index in [1.165, 1.54) is 0 Å². The molecule has 2 aromatic carbocycles. The van der Waals surface area contributed by atoms with Crippen LogP contribution in [0.3, 0.4) is 0 Å². The summed E-state index contributed by atoms with van der Waals surface area (Å²) in [5, 5.41) is 0. The van der Waals surface area contributed by atoms with E-state index < -0.39 is 10.0 Å². The number of nitrogens with zero attached hydrogens (tertiary/aromatic N) is 4. The molecule has 0 saturated heterocycles. The van der Waals surface area contributed by atoms with Crippen molar-refractivity contribution >= 4 is 16.0 Å². The van der Waals surface area contributed by atoms with Crippen molar-refractivity contribution in [2.24, 2.45) is 11.8 Å². The van der Waals surface area contributed by atoms with Crippen molar-refractivity contribution in [3.8, 4) is 22.9 Å². The first-order valence-electron chi connectivity index (χ1n) is 16.2. The van der Waals surface area contributed by atoms with Gasteiger partial charge in [0.05, 0.1) is 29.1 Å². The van der Waals surface area contributed by atoms with Gasteiger partial charge in [-0.15, -0.1) is 0 Å². The number of hydrogen-bond acceptors (Lipinski definition) is 8. The van der Waals surface area contributed by atoms with E-state index in [2.05, 4.69) is 23.6 Å². The molecule has 1 N–H and O–H groups in total. The van der Waals surface area contributed by atoms with E-state index in [4.69, 9.17) is 24.4 Å². The molecule has 0 radical (unpaired) electrons. The molecule has 3 heterocycles. The molecule has 0 amide bonds. The van der Waals surface area contributed by atoms with E-state index in [1.807, 2.05) is 64.1 Å². The van der Waals surface area contributed by atoms with Crippen LogP contribution in [0.5, 0.6) is 11.6 Å². The summed E-state index contributed by atoms with van der Waals surface area (Å²) < 4.78 is 43.1. The lowest BCUT2D eigenvalue weighted by molar-refractivity contribution is 0.0926. The molecule has 1 saturated carbocycles. The molecule has 10 heteroatoms. The standard InChI is InChI=1S/C36H43N5O4S/c1-21(2)16-29-31-15-9-14-28(35-37-19-26(20-38-35)44-22(3)4)34(29)25-12-8-13-27(17-25)46(42,43)41-36-39-30(18-32(40-36)45-31)33-23(5)10-7-11-24(33)6/h7-8,10-13,17-22,28-29,31,34H,9,14-16H2,1-6H3,(H,39,40,41)/t28?,29-,31?,34?/m1/s1. The molecule has 3 unspecified atom stereocenters. The summed E-state index contributed by atoms with van der Waals surface area (Å²) in [6.45, 7) is 12.4. The van der Waals surface area contributed by atoms with Gasteiger partial charge in [0, 0.05) is 29.4 Å². The first-order valence-corrected chi connectivity index (χ1v) is 17.7. The summed E-state index contributed by atoms with van der Waals surface area (Å²) in [5.74, 6) is 1.97. The van der Waals surface area contributed by atoms with Crippen LogP contribution in [-0.2, 0) is 10.0 Å². The monoisotopic (exact) mass is 641 g/mol. The summed E-state index contributed by atoms with van der Waals surface area (Å²) in [6.07, 6.45) is 6.76. The Kier molecular flexibility index (Phi) is 9.01. The third-order valence-corrected chi connectivity index (χ3v) is 10.3. The van der Waals surface area contributed by atoms with Gasteiger partial charge in [0.15, 0.2) is 5.75 Å². The highest BCUT2D eigenvalue weighted by Gasteiger charge is 2.42. The SMILES string of the molecule is Cc1cccc(C)c1-c1cc2nc(n1)NS(=O)(=O)c1cccc(c1)C1C(c3ncc(OC(C)C)cn3)CCCC(O2)[C@H]1CC(C)C. The average Bonchev–Trinajstić information content (AvgIpc) is 3.15. The van der Waals surface area contributed by atoms with Crippen LogP contribution in [-0.4, -0.2) is 40.6 Å². The van der Waals surface area contributed by atoms with Crippen molar-refractivity contribution in [3.63, 3.8) is 0 Å². The van der Waals surface area contributed by atoms with Crippen LogP contribution in [0.25, 0.3) is 11.3 Å². The molecule has 6 rings (SSSR count). The van der Waals surface area contributed by atoms with Crippen LogP contribution in [0.4, 0.5) is 5.95 Å².